The minimum absolute atomic E-state index is 0.00318. The van der Waals surface area contributed by atoms with Gasteiger partial charge in [0.15, 0.2) is 5.76 Å². The van der Waals surface area contributed by atoms with Gasteiger partial charge < -0.3 is 14.4 Å². The number of nitrogens with zero attached hydrogens (tertiary/aromatic N) is 2. The zero-order valence-corrected chi connectivity index (χ0v) is 16.7. The third-order valence-electron chi connectivity index (χ3n) is 7.48. The lowest BCUT2D eigenvalue weighted by Gasteiger charge is -2.42. The molecule has 1 saturated heterocycles. The maximum Gasteiger partial charge on any atom is 0.289 e. The highest BCUT2D eigenvalue weighted by Gasteiger charge is 2.65. The molecule has 0 radical (unpaired) electrons. The largest absolute Gasteiger partial charge is 0.459 e. The molecule has 8 heteroatoms. The van der Waals surface area contributed by atoms with Crippen molar-refractivity contribution in [1.82, 2.24) is 9.21 Å². The van der Waals surface area contributed by atoms with E-state index >= 15 is 0 Å². The van der Waals surface area contributed by atoms with Gasteiger partial charge in [-0.05, 0) is 42.7 Å². The van der Waals surface area contributed by atoms with Crippen molar-refractivity contribution in [2.75, 3.05) is 31.9 Å². The van der Waals surface area contributed by atoms with Gasteiger partial charge in [-0.15, -0.1) is 0 Å². The van der Waals surface area contributed by atoms with Gasteiger partial charge in [0.05, 0.1) is 18.1 Å². The summed E-state index contributed by atoms with van der Waals surface area (Å²) >= 11 is 0. The van der Waals surface area contributed by atoms with E-state index in [1.807, 2.05) is 0 Å². The molecule has 1 aromatic heterocycles. The van der Waals surface area contributed by atoms with Gasteiger partial charge in [-0.3, -0.25) is 4.79 Å². The van der Waals surface area contributed by atoms with E-state index in [1.54, 1.807) is 17.0 Å². The third kappa shape index (κ3) is 2.84. The quantitative estimate of drug-likeness (QED) is 0.834. The second kappa shape index (κ2) is 6.32. The molecule has 7 nitrogen and oxygen atoms in total. The van der Waals surface area contributed by atoms with E-state index in [9.17, 15) is 18.3 Å². The highest BCUT2D eigenvalue weighted by molar-refractivity contribution is 7.89. The molecule has 2 saturated carbocycles. The highest BCUT2D eigenvalue weighted by atomic mass is 32.2. The van der Waals surface area contributed by atoms with Crippen LogP contribution >= 0.6 is 0 Å². The fraction of sp³-hybridized carbons (Fsp3) is 0.737. The van der Waals surface area contributed by atoms with Crippen LogP contribution in [0.15, 0.2) is 22.8 Å². The number of rotatable bonds is 4. The summed E-state index contributed by atoms with van der Waals surface area (Å²) in [7, 11) is -3.51. The first-order chi connectivity index (χ1) is 12.7. The van der Waals surface area contributed by atoms with Gasteiger partial charge in [0.25, 0.3) is 5.91 Å². The van der Waals surface area contributed by atoms with E-state index in [1.165, 1.54) is 10.6 Å². The second-order valence-electron chi connectivity index (χ2n) is 8.79. The molecule has 3 fully saturated rings. The van der Waals surface area contributed by atoms with Gasteiger partial charge in [-0.2, -0.15) is 4.31 Å². The number of hydrogen-bond acceptors (Lipinski definition) is 5. The van der Waals surface area contributed by atoms with Crippen LogP contribution in [-0.4, -0.2) is 66.7 Å². The number of fused-ring (bicyclic) bond motifs is 2. The van der Waals surface area contributed by atoms with Gasteiger partial charge in [0.2, 0.25) is 10.0 Å². The molecule has 0 aromatic carbocycles. The van der Waals surface area contributed by atoms with Crippen LogP contribution in [0.2, 0.25) is 0 Å². The molecule has 0 spiro atoms. The molecule has 1 N–H and O–H groups in total. The molecule has 2 heterocycles. The Morgan fingerprint density at radius 3 is 2.52 bits per heavy atom. The molecule has 1 aromatic rings. The van der Waals surface area contributed by atoms with Crippen LogP contribution < -0.4 is 0 Å². The summed E-state index contributed by atoms with van der Waals surface area (Å²) in [6.45, 7) is 5.48. The lowest BCUT2D eigenvalue weighted by atomic mass is 9.70. The van der Waals surface area contributed by atoms with E-state index in [-0.39, 0.29) is 35.9 Å². The molecule has 150 valence electrons. The van der Waals surface area contributed by atoms with Gasteiger partial charge >= 0.3 is 0 Å². The Morgan fingerprint density at radius 1 is 1.30 bits per heavy atom. The minimum Gasteiger partial charge on any atom is -0.459 e. The number of aliphatic hydroxyl groups excluding tert-OH is 1. The smallest absolute Gasteiger partial charge is 0.289 e. The lowest BCUT2D eigenvalue weighted by molar-refractivity contribution is 0.0142. The zero-order chi connectivity index (χ0) is 19.4. The first-order valence-corrected chi connectivity index (χ1v) is 11.3. The summed E-state index contributed by atoms with van der Waals surface area (Å²) < 4.78 is 32.9. The fourth-order valence-corrected chi connectivity index (χ4v) is 7.78. The Bertz CT molecular complexity index is 811. The van der Waals surface area contributed by atoms with Gasteiger partial charge in [-0.1, -0.05) is 13.8 Å². The van der Waals surface area contributed by atoms with Crippen molar-refractivity contribution < 1.29 is 22.7 Å². The minimum atomic E-state index is -3.51. The number of amides is 1. The maximum absolute atomic E-state index is 13.2. The maximum atomic E-state index is 13.2. The number of furan rings is 1. The van der Waals surface area contributed by atoms with Crippen molar-refractivity contribution in [2.24, 2.45) is 16.7 Å². The number of sulfonamides is 1. The topological polar surface area (TPSA) is 91.1 Å². The number of piperazine rings is 1. The summed E-state index contributed by atoms with van der Waals surface area (Å²) in [5.74, 6) is 0.460. The Morgan fingerprint density at radius 2 is 2.00 bits per heavy atom. The molecule has 2 bridgehead atoms. The molecular weight excluding hydrogens is 368 g/mol. The summed E-state index contributed by atoms with van der Waals surface area (Å²) in [6, 6.07) is 3.28. The molecule has 27 heavy (non-hydrogen) atoms. The molecule has 2 aliphatic carbocycles. The Balaban J connectivity index is 1.44. The van der Waals surface area contributed by atoms with Crippen molar-refractivity contribution in [3.63, 3.8) is 0 Å². The molecular formula is C19H28N2O5S. The molecule has 3 atom stereocenters. The molecule has 0 unspecified atom stereocenters. The molecule has 1 amide bonds. The van der Waals surface area contributed by atoms with Crippen molar-refractivity contribution in [3.8, 4) is 0 Å². The second-order valence-corrected chi connectivity index (χ2v) is 10.8. The van der Waals surface area contributed by atoms with E-state index in [0.717, 1.165) is 12.8 Å². The van der Waals surface area contributed by atoms with Crippen LogP contribution in [0.4, 0.5) is 0 Å². The summed E-state index contributed by atoms with van der Waals surface area (Å²) in [5, 5.41) is 10.6. The fourth-order valence-electron chi connectivity index (χ4n) is 5.52. The van der Waals surface area contributed by atoms with Crippen LogP contribution in [-0.2, 0) is 10.0 Å². The highest BCUT2D eigenvalue weighted by Crippen LogP contribution is 2.66. The van der Waals surface area contributed by atoms with E-state index in [0.29, 0.717) is 25.4 Å². The number of hydrogen-bond donors (Lipinski definition) is 1. The van der Waals surface area contributed by atoms with Crippen LogP contribution in [0, 0.1) is 16.7 Å². The van der Waals surface area contributed by atoms with E-state index < -0.39 is 21.5 Å². The van der Waals surface area contributed by atoms with Gasteiger partial charge in [0, 0.05) is 31.6 Å². The van der Waals surface area contributed by atoms with Crippen molar-refractivity contribution in [2.45, 2.75) is 39.2 Å². The summed E-state index contributed by atoms with van der Waals surface area (Å²) in [6.07, 6.45) is 3.36. The zero-order valence-electron chi connectivity index (χ0n) is 15.9. The van der Waals surface area contributed by atoms with Crippen LogP contribution in [0.25, 0.3) is 0 Å². The normalized spacial score (nSPS) is 33.5. The number of carbonyl (C=O) groups is 1. The Labute approximate surface area is 160 Å². The van der Waals surface area contributed by atoms with Crippen molar-refractivity contribution >= 4 is 15.9 Å². The molecule has 4 rings (SSSR count). The average Bonchev–Trinajstić information content (AvgIpc) is 3.28. The van der Waals surface area contributed by atoms with Crippen LogP contribution in [0.5, 0.6) is 0 Å². The average molecular weight is 397 g/mol. The van der Waals surface area contributed by atoms with Crippen molar-refractivity contribution in [1.29, 1.82) is 0 Å². The van der Waals surface area contributed by atoms with Gasteiger partial charge in [0.1, 0.15) is 0 Å². The predicted molar refractivity (Wildman–Crippen MR) is 99.5 cm³/mol. The summed E-state index contributed by atoms with van der Waals surface area (Å²) in [5.41, 5.74) is -0.728. The molecule has 1 aliphatic heterocycles. The van der Waals surface area contributed by atoms with Crippen LogP contribution in [0.3, 0.4) is 0 Å². The number of aliphatic hydroxyl groups is 1. The first kappa shape index (κ1) is 19.0. The standard InChI is InChI=1S/C19H28N2O5S/c1-18(2)14-5-6-19(18,16(22)12-14)13-27(24,25)21-9-7-20(8-10-21)17(23)15-4-3-11-26-15/h3-4,11,14,16,22H,5-10,12-13H2,1-2H3/t14-,16+,19+/m0/s1. The molecule has 3 aliphatic rings. The lowest BCUT2D eigenvalue weighted by Crippen LogP contribution is -2.54. The number of carbonyl (C=O) groups excluding carboxylic acids is 1. The van der Waals surface area contributed by atoms with Crippen LogP contribution in [0.1, 0.15) is 43.7 Å². The van der Waals surface area contributed by atoms with Gasteiger partial charge in [-0.25, -0.2) is 8.42 Å². The van der Waals surface area contributed by atoms with Crippen molar-refractivity contribution in [3.05, 3.63) is 24.2 Å². The van der Waals surface area contributed by atoms with E-state index in [2.05, 4.69) is 13.8 Å². The summed E-state index contributed by atoms with van der Waals surface area (Å²) in [4.78, 5) is 14.0. The monoisotopic (exact) mass is 396 g/mol. The Kier molecular flexibility index (Phi) is 4.44. The first-order valence-electron chi connectivity index (χ1n) is 9.66. The predicted octanol–water partition coefficient (Wildman–Crippen LogP) is 1.55. The Hall–Kier alpha value is -1.38. The van der Waals surface area contributed by atoms with E-state index in [4.69, 9.17) is 4.42 Å². The third-order valence-corrected chi connectivity index (χ3v) is 9.51. The SMILES string of the molecule is CC1(C)[C@H]2CC[C@@]1(CS(=O)(=O)N1CCN(C(=O)c3ccco3)CC1)[C@H](O)C2.